The van der Waals surface area contributed by atoms with Gasteiger partial charge in [0.2, 0.25) is 5.91 Å². The van der Waals surface area contributed by atoms with Crippen molar-refractivity contribution in [3.8, 4) is 0 Å². The Hall–Kier alpha value is -4.26. The van der Waals surface area contributed by atoms with Gasteiger partial charge in [0.1, 0.15) is 0 Å². The van der Waals surface area contributed by atoms with Crippen LogP contribution in [0.1, 0.15) is 63.7 Å². The van der Waals surface area contributed by atoms with Crippen LogP contribution >= 0.6 is 0 Å². The third-order valence-corrected chi connectivity index (χ3v) is 5.66. The highest BCUT2D eigenvalue weighted by Crippen LogP contribution is 2.19. The second-order valence-corrected chi connectivity index (χ2v) is 8.33. The molecule has 0 aliphatic heterocycles. The average molecular weight is 487 g/mol. The number of amides is 2. The zero-order valence-electron chi connectivity index (χ0n) is 20.5. The van der Waals surface area contributed by atoms with Crippen molar-refractivity contribution in [1.29, 1.82) is 0 Å². The zero-order chi connectivity index (χ0) is 25.9. The van der Waals surface area contributed by atoms with E-state index >= 15 is 0 Å². The molecular weight excluding hydrogens is 456 g/mol. The van der Waals surface area contributed by atoms with Crippen LogP contribution in [0.5, 0.6) is 0 Å². The van der Waals surface area contributed by atoms with Crippen molar-refractivity contribution in [3.63, 3.8) is 0 Å². The number of anilines is 2. The molecule has 0 bridgehead atoms. The maximum atomic E-state index is 13.0. The number of nitrogens with one attached hydrogen (secondary N) is 1. The largest absolute Gasteiger partial charge is 0.454 e. The molecule has 0 spiro atoms. The molecule has 1 N–H and O–H groups in total. The number of ether oxygens (including phenoxy) is 1. The monoisotopic (exact) mass is 486 g/mol. The third kappa shape index (κ3) is 7.12. The smallest absolute Gasteiger partial charge is 0.339 e. The number of hydrogen-bond acceptors (Lipinski definition) is 5. The summed E-state index contributed by atoms with van der Waals surface area (Å²) in [7, 11) is 1.63. The van der Waals surface area contributed by atoms with E-state index < -0.39 is 18.4 Å². The van der Waals surface area contributed by atoms with Gasteiger partial charge in [-0.3, -0.25) is 14.4 Å². The standard InChI is InChI=1S/C29H30N2O5/c1-3-4-6-15-27(33)30-22-18-16-21(17-19-22)26(32)20-36-29(35)25-14-10-9-13-24(25)28(34)31(2)23-11-7-5-8-12-23/h5,7-14,16-19H,3-4,6,15,20H2,1-2H3,(H,30,33). The van der Waals surface area contributed by atoms with E-state index in [9.17, 15) is 19.2 Å². The summed E-state index contributed by atoms with van der Waals surface area (Å²) in [5.74, 6) is -1.59. The van der Waals surface area contributed by atoms with Crippen LogP contribution < -0.4 is 10.2 Å². The van der Waals surface area contributed by atoms with Gasteiger partial charge in [-0.25, -0.2) is 4.79 Å². The number of nitrogens with zero attached hydrogens (tertiary/aromatic N) is 1. The molecular formula is C29H30N2O5. The molecule has 0 saturated heterocycles. The second kappa shape index (κ2) is 13.0. The molecule has 7 heteroatoms. The van der Waals surface area contributed by atoms with E-state index in [1.54, 1.807) is 61.6 Å². The SMILES string of the molecule is CCCCCC(=O)Nc1ccc(C(=O)COC(=O)c2ccccc2C(=O)N(C)c2ccccc2)cc1. The maximum Gasteiger partial charge on any atom is 0.339 e. The Balaban J connectivity index is 1.60. The molecule has 0 aliphatic carbocycles. The molecule has 0 unspecified atom stereocenters. The lowest BCUT2D eigenvalue weighted by atomic mass is 10.1. The Morgan fingerprint density at radius 1 is 0.806 bits per heavy atom. The Kier molecular flexibility index (Phi) is 9.51. The van der Waals surface area contributed by atoms with Crippen molar-refractivity contribution in [2.24, 2.45) is 0 Å². The first-order valence-electron chi connectivity index (χ1n) is 11.9. The summed E-state index contributed by atoms with van der Waals surface area (Å²) in [5, 5.41) is 2.80. The number of unbranched alkanes of at least 4 members (excludes halogenated alkanes) is 2. The van der Waals surface area contributed by atoms with Gasteiger partial charge in [0.25, 0.3) is 5.91 Å². The topological polar surface area (TPSA) is 92.8 Å². The van der Waals surface area contributed by atoms with E-state index in [1.165, 1.54) is 11.0 Å². The molecule has 0 heterocycles. The van der Waals surface area contributed by atoms with Crippen LogP contribution in [0.2, 0.25) is 0 Å². The predicted octanol–water partition coefficient (Wildman–Crippen LogP) is 5.52. The summed E-state index contributed by atoms with van der Waals surface area (Å²) in [6.07, 6.45) is 3.33. The maximum absolute atomic E-state index is 13.0. The summed E-state index contributed by atoms with van der Waals surface area (Å²) in [5.41, 5.74) is 1.89. The number of para-hydroxylation sites is 1. The van der Waals surface area contributed by atoms with Crippen molar-refractivity contribution in [2.45, 2.75) is 32.6 Å². The molecule has 0 aromatic heterocycles. The Labute approximate surface area is 211 Å². The van der Waals surface area contributed by atoms with Crippen molar-refractivity contribution in [1.82, 2.24) is 0 Å². The van der Waals surface area contributed by atoms with Crippen LogP contribution in [-0.4, -0.2) is 37.2 Å². The van der Waals surface area contributed by atoms with Crippen LogP contribution in [0.3, 0.4) is 0 Å². The summed E-state index contributed by atoms with van der Waals surface area (Å²) in [6, 6.07) is 21.8. The van der Waals surface area contributed by atoms with Gasteiger partial charge in [-0.2, -0.15) is 0 Å². The van der Waals surface area contributed by atoms with E-state index in [0.717, 1.165) is 19.3 Å². The number of hydrogen-bond donors (Lipinski definition) is 1. The van der Waals surface area contributed by atoms with Gasteiger partial charge >= 0.3 is 5.97 Å². The number of benzene rings is 3. The lowest BCUT2D eigenvalue weighted by Crippen LogP contribution is -2.28. The minimum absolute atomic E-state index is 0.0671. The summed E-state index contributed by atoms with van der Waals surface area (Å²) in [6.45, 7) is 1.60. The summed E-state index contributed by atoms with van der Waals surface area (Å²) in [4.78, 5) is 51.7. The van der Waals surface area contributed by atoms with Gasteiger partial charge in [0.05, 0.1) is 11.1 Å². The van der Waals surface area contributed by atoms with E-state index in [4.69, 9.17) is 4.74 Å². The fourth-order valence-corrected chi connectivity index (χ4v) is 3.59. The van der Waals surface area contributed by atoms with Crippen LogP contribution in [0, 0.1) is 0 Å². The lowest BCUT2D eigenvalue weighted by Gasteiger charge is -2.18. The molecule has 0 radical (unpaired) electrons. The van der Waals surface area contributed by atoms with E-state index in [2.05, 4.69) is 12.2 Å². The van der Waals surface area contributed by atoms with Crippen LogP contribution in [0.4, 0.5) is 11.4 Å². The Morgan fingerprint density at radius 3 is 2.11 bits per heavy atom. The molecule has 2 amide bonds. The van der Waals surface area contributed by atoms with E-state index in [0.29, 0.717) is 23.4 Å². The molecule has 7 nitrogen and oxygen atoms in total. The van der Waals surface area contributed by atoms with Crippen molar-refractivity contribution >= 4 is 34.9 Å². The predicted molar refractivity (Wildman–Crippen MR) is 139 cm³/mol. The van der Waals surface area contributed by atoms with Gasteiger partial charge in [0, 0.05) is 30.4 Å². The molecule has 0 fully saturated rings. The minimum Gasteiger partial charge on any atom is -0.454 e. The van der Waals surface area contributed by atoms with Crippen LogP contribution in [-0.2, 0) is 9.53 Å². The molecule has 186 valence electrons. The van der Waals surface area contributed by atoms with Gasteiger partial charge in [0.15, 0.2) is 12.4 Å². The molecule has 3 rings (SSSR count). The lowest BCUT2D eigenvalue weighted by molar-refractivity contribution is -0.116. The molecule has 0 aliphatic rings. The highest BCUT2D eigenvalue weighted by atomic mass is 16.5. The normalized spacial score (nSPS) is 10.4. The summed E-state index contributed by atoms with van der Waals surface area (Å²) < 4.78 is 5.24. The van der Waals surface area contributed by atoms with Gasteiger partial charge in [-0.05, 0) is 55.0 Å². The summed E-state index contributed by atoms with van der Waals surface area (Å²) >= 11 is 0. The quantitative estimate of drug-likeness (QED) is 0.219. The molecule has 3 aromatic carbocycles. The number of Topliss-reactive ketones (excluding diaryl/α,β-unsaturated/α-hetero) is 1. The zero-order valence-corrected chi connectivity index (χ0v) is 20.5. The Morgan fingerprint density at radius 2 is 1.44 bits per heavy atom. The van der Waals surface area contributed by atoms with Crippen LogP contribution in [0.15, 0.2) is 78.9 Å². The van der Waals surface area contributed by atoms with Crippen molar-refractivity contribution < 1.29 is 23.9 Å². The van der Waals surface area contributed by atoms with Gasteiger partial charge < -0.3 is 15.0 Å². The fourth-order valence-electron chi connectivity index (χ4n) is 3.59. The number of ketones is 1. The van der Waals surface area contributed by atoms with E-state index in [-0.39, 0.29) is 22.9 Å². The molecule has 3 aromatic rings. The van der Waals surface area contributed by atoms with Gasteiger partial charge in [-0.15, -0.1) is 0 Å². The number of rotatable bonds is 11. The first-order valence-corrected chi connectivity index (χ1v) is 11.9. The van der Waals surface area contributed by atoms with E-state index in [1.807, 2.05) is 18.2 Å². The Bertz CT molecular complexity index is 1210. The van der Waals surface area contributed by atoms with Crippen LogP contribution in [0.25, 0.3) is 0 Å². The molecule has 0 atom stereocenters. The molecule has 36 heavy (non-hydrogen) atoms. The minimum atomic E-state index is -0.760. The second-order valence-electron chi connectivity index (χ2n) is 8.33. The highest BCUT2D eigenvalue weighted by molar-refractivity contribution is 6.12. The fraction of sp³-hybridized carbons (Fsp3) is 0.241. The van der Waals surface area contributed by atoms with Crippen molar-refractivity contribution in [3.05, 3.63) is 95.6 Å². The van der Waals surface area contributed by atoms with Crippen molar-refractivity contribution in [2.75, 3.05) is 23.9 Å². The molecule has 0 saturated carbocycles. The third-order valence-electron chi connectivity index (χ3n) is 5.66. The number of carbonyl (C=O) groups is 4. The van der Waals surface area contributed by atoms with Gasteiger partial charge in [-0.1, -0.05) is 50.1 Å². The first-order chi connectivity index (χ1) is 17.4. The first kappa shape index (κ1) is 26.3. The number of carbonyl (C=O) groups excluding carboxylic acids is 4. The highest BCUT2D eigenvalue weighted by Gasteiger charge is 2.22. The number of esters is 1. The average Bonchev–Trinajstić information content (AvgIpc) is 2.91.